The van der Waals surface area contributed by atoms with Crippen molar-refractivity contribution >= 4 is 66.6 Å². The zero-order valence-corrected chi connectivity index (χ0v) is 26.5. The van der Waals surface area contributed by atoms with Crippen molar-refractivity contribution in [3.8, 4) is 0 Å². The van der Waals surface area contributed by atoms with Crippen molar-refractivity contribution < 1.29 is 62.9 Å². The van der Waals surface area contributed by atoms with Crippen molar-refractivity contribution in [3.63, 3.8) is 0 Å². The average molecular weight is 690 g/mol. The fourth-order valence-corrected chi connectivity index (χ4v) is 6.37. The van der Waals surface area contributed by atoms with Crippen LogP contribution in [0.5, 0.6) is 0 Å². The van der Waals surface area contributed by atoms with Gasteiger partial charge < -0.3 is 44.8 Å². The van der Waals surface area contributed by atoms with Crippen LogP contribution in [-0.2, 0) is 51.3 Å². The summed E-state index contributed by atoms with van der Waals surface area (Å²) < 4.78 is 10.4. The van der Waals surface area contributed by atoms with Crippen LogP contribution in [0.3, 0.4) is 0 Å². The number of amides is 5. The summed E-state index contributed by atoms with van der Waals surface area (Å²) in [6, 6.07) is 6.25. The van der Waals surface area contributed by atoms with Gasteiger partial charge in [0.2, 0.25) is 5.91 Å². The van der Waals surface area contributed by atoms with E-state index < -0.39 is 86.7 Å². The third-order valence-corrected chi connectivity index (χ3v) is 8.99. The van der Waals surface area contributed by atoms with E-state index in [1.165, 1.54) is 23.1 Å². The molecule has 0 saturated carbocycles. The first-order valence-electron chi connectivity index (χ1n) is 15.9. The number of aliphatic carboxylic acids is 1. The molecule has 19 heteroatoms. The van der Waals surface area contributed by atoms with Gasteiger partial charge >= 0.3 is 26.2 Å². The molecule has 5 N–H and O–H groups in total. The molecule has 2 aromatic rings. The molecule has 2 saturated heterocycles. The predicted octanol–water partition coefficient (Wildman–Crippen LogP) is -2.52. The fourth-order valence-electron chi connectivity index (χ4n) is 6.37. The highest BCUT2D eigenvalue weighted by Gasteiger charge is 2.42. The fraction of sp³-hybridized carbons (Fsp3) is 0.387. The van der Waals surface area contributed by atoms with Gasteiger partial charge in [0.05, 0.1) is 19.6 Å². The van der Waals surface area contributed by atoms with E-state index in [1.807, 2.05) is 0 Å². The van der Waals surface area contributed by atoms with Crippen molar-refractivity contribution in [3.05, 3.63) is 58.7 Å². The molecule has 4 aliphatic heterocycles. The van der Waals surface area contributed by atoms with E-state index in [1.54, 1.807) is 18.2 Å². The van der Waals surface area contributed by atoms with Gasteiger partial charge in [0.1, 0.15) is 6.04 Å². The molecule has 0 bridgehead atoms. The van der Waals surface area contributed by atoms with Crippen LogP contribution in [0, 0.1) is 0 Å². The number of nitrogens with zero attached hydrogens (tertiary/aromatic N) is 2. The van der Waals surface area contributed by atoms with Gasteiger partial charge in [-0.25, -0.2) is 4.79 Å². The Morgan fingerprint density at radius 3 is 2.14 bits per heavy atom. The molecule has 50 heavy (non-hydrogen) atoms. The average Bonchev–Trinajstić information content (AvgIpc) is 3.86. The Morgan fingerprint density at radius 2 is 1.52 bits per heavy atom. The lowest BCUT2D eigenvalue weighted by molar-refractivity contribution is -0.197. The standard InChI is InChI=1S/C31H32B2N4O13/c38-25-6-7-26(39)37(25)50-28(42)12-20(5-8-27(40)41)34-30(44)24-11-21(35-29(43)16-1-3-18-14-48-32(46)22(18)9-16)13-36(24)31(45)17-2-4-19-15-49-33(47)23(19)10-17/h1-4,9-10,20-21,24,46-47H,5-8,11-15H2,(H,34,44)(H,35,43)(H,40,41)/t20-,21+,24-/m0/s1. The second kappa shape index (κ2) is 14.4. The second-order valence-corrected chi connectivity index (χ2v) is 12.4. The molecule has 0 unspecified atom stereocenters. The zero-order valence-electron chi connectivity index (χ0n) is 26.5. The first-order chi connectivity index (χ1) is 23.9. The number of benzene rings is 2. The highest BCUT2D eigenvalue weighted by atomic mass is 16.7. The van der Waals surface area contributed by atoms with Crippen LogP contribution in [0.25, 0.3) is 0 Å². The third kappa shape index (κ3) is 7.40. The molecule has 2 aromatic carbocycles. The van der Waals surface area contributed by atoms with Crippen LogP contribution in [0.1, 0.15) is 70.4 Å². The number of hydrogen-bond donors (Lipinski definition) is 5. The van der Waals surface area contributed by atoms with E-state index in [2.05, 4.69) is 10.6 Å². The van der Waals surface area contributed by atoms with Gasteiger partial charge in [0, 0.05) is 49.0 Å². The van der Waals surface area contributed by atoms with E-state index in [-0.39, 0.29) is 56.6 Å². The Morgan fingerprint density at radius 1 is 0.920 bits per heavy atom. The van der Waals surface area contributed by atoms with Crippen molar-refractivity contribution in [2.24, 2.45) is 0 Å². The Bertz CT molecular complexity index is 1760. The molecule has 0 radical (unpaired) electrons. The first kappa shape index (κ1) is 34.8. The lowest BCUT2D eigenvalue weighted by Gasteiger charge is -2.26. The molecular weight excluding hydrogens is 658 g/mol. The number of likely N-dealkylation sites (tertiary alicyclic amines) is 1. The van der Waals surface area contributed by atoms with Gasteiger partial charge in [-0.05, 0) is 59.2 Å². The van der Waals surface area contributed by atoms with Crippen molar-refractivity contribution in [1.29, 1.82) is 0 Å². The van der Waals surface area contributed by atoms with Crippen LogP contribution in [-0.4, -0.2) is 105 Å². The van der Waals surface area contributed by atoms with Crippen LogP contribution in [0.15, 0.2) is 36.4 Å². The molecule has 3 atom stereocenters. The normalized spacial score (nSPS) is 20.1. The molecule has 6 rings (SSSR count). The molecule has 0 aliphatic carbocycles. The van der Waals surface area contributed by atoms with Crippen molar-refractivity contribution in [2.45, 2.75) is 69.9 Å². The number of carbonyl (C=O) groups excluding carboxylic acids is 6. The highest BCUT2D eigenvalue weighted by molar-refractivity contribution is 6.62. The number of nitrogens with one attached hydrogen (secondary N) is 2. The SMILES string of the molecule is O=C(O)CC[C@@H](CC(=O)ON1C(=O)CCC1=O)NC(=O)[C@@H]1C[C@@H](NC(=O)c2ccc3c(c2)B(O)OC3)CN1C(=O)c1ccc2c(c1)B(O)OC2. The lowest BCUT2D eigenvalue weighted by atomic mass is 9.78. The molecule has 17 nitrogen and oxygen atoms in total. The van der Waals surface area contributed by atoms with Crippen LogP contribution < -0.4 is 21.6 Å². The summed E-state index contributed by atoms with van der Waals surface area (Å²) in [6.45, 7) is 0.233. The molecule has 260 valence electrons. The minimum atomic E-state index is -1.24. The smallest absolute Gasteiger partial charge is 0.481 e. The topological polar surface area (TPSA) is 238 Å². The van der Waals surface area contributed by atoms with E-state index in [4.69, 9.17) is 14.1 Å². The number of hydrogen-bond acceptors (Lipinski definition) is 12. The second-order valence-electron chi connectivity index (χ2n) is 12.4. The van der Waals surface area contributed by atoms with Crippen LogP contribution in [0.2, 0.25) is 0 Å². The van der Waals surface area contributed by atoms with E-state index in [0.717, 1.165) is 5.56 Å². The summed E-state index contributed by atoms with van der Waals surface area (Å²) in [4.78, 5) is 95.1. The van der Waals surface area contributed by atoms with Gasteiger partial charge in [0.25, 0.3) is 23.6 Å². The number of carboxylic acid groups (broad SMARTS) is 1. The monoisotopic (exact) mass is 690 g/mol. The minimum absolute atomic E-state index is 0.0659. The maximum absolute atomic E-state index is 13.9. The summed E-state index contributed by atoms with van der Waals surface area (Å²) in [7, 11) is -2.41. The molecule has 4 aliphatic rings. The van der Waals surface area contributed by atoms with E-state index >= 15 is 0 Å². The van der Waals surface area contributed by atoms with Gasteiger partial charge in [-0.3, -0.25) is 28.8 Å². The largest absolute Gasteiger partial charge is 0.491 e. The maximum Gasteiger partial charge on any atom is 0.491 e. The summed E-state index contributed by atoms with van der Waals surface area (Å²) in [5, 5.41) is 35.3. The predicted molar refractivity (Wildman–Crippen MR) is 169 cm³/mol. The zero-order chi connectivity index (χ0) is 35.7. The number of carbonyl (C=O) groups is 7. The summed E-state index contributed by atoms with van der Waals surface area (Å²) in [5.41, 5.74) is 2.61. The number of hydroxylamine groups is 2. The Balaban J connectivity index is 1.20. The number of carboxylic acids is 1. The molecule has 0 spiro atoms. The lowest BCUT2D eigenvalue weighted by Crippen LogP contribution is -2.49. The minimum Gasteiger partial charge on any atom is -0.481 e. The third-order valence-electron chi connectivity index (χ3n) is 8.99. The molecular formula is C31H32B2N4O13. The van der Waals surface area contributed by atoms with E-state index in [0.29, 0.717) is 21.6 Å². The van der Waals surface area contributed by atoms with Crippen molar-refractivity contribution in [1.82, 2.24) is 20.6 Å². The van der Waals surface area contributed by atoms with Gasteiger partial charge in [-0.1, -0.05) is 12.1 Å². The highest BCUT2D eigenvalue weighted by Crippen LogP contribution is 2.24. The first-order valence-corrected chi connectivity index (χ1v) is 15.9. The molecule has 0 aromatic heterocycles. The van der Waals surface area contributed by atoms with E-state index in [9.17, 15) is 48.7 Å². The summed E-state index contributed by atoms with van der Waals surface area (Å²) in [6.07, 6.45) is -1.60. The Hall–Kier alpha value is -5.10. The molecule has 2 fully saturated rings. The van der Waals surface area contributed by atoms with Crippen LogP contribution >= 0.6 is 0 Å². The Labute approximate surface area is 285 Å². The number of rotatable bonds is 11. The van der Waals surface area contributed by atoms with Crippen molar-refractivity contribution in [2.75, 3.05) is 6.54 Å². The van der Waals surface area contributed by atoms with Gasteiger partial charge in [-0.2, -0.15) is 0 Å². The quantitative estimate of drug-likeness (QED) is 0.121. The molecule has 4 heterocycles. The van der Waals surface area contributed by atoms with Gasteiger partial charge in [-0.15, -0.1) is 5.06 Å². The van der Waals surface area contributed by atoms with Gasteiger partial charge in [0.15, 0.2) is 0 Å². The number of imide groups is 1. The summed E-state index contributed by atoms with van der Waals surface area (Å²) >= 11 is 0. The summed E-state index contributed by atoms with van der Waals surface area (Å²) in [5.74, 6) is -5.58. The number of fused-ring (bicyclic) bond motifs is 2. The molecule has 5 amide bonds. The van der Waals surface area contributed by atoms with Crippen LogP contribution in [0.4, 0.5) is 0 Å². The maximum atomic E-state index is 13.9. The Kier molecular flexibility index (Phi) is 10.0.